The van der Waals surface area contributed by atoms with E-state index in [1.165, 1.54) is 10.8 Å². The number of H-pyrrole nitrogens is 1. The van der Waals surface area contributed by atoms with Crippen molar-refractivity contribution >= 4 is 5.91 Å². The second kappa shape index (κ2) is 6.18. The van der Waals surface area contributed by atoms with E-state index in [4.69, 9.17) is 0 Å². The molecule has 1 rings (SSSR count). The smallest absolute Gasteiger partial charge is 0.328 e. The zero-order valence-corrected chi connectivity index (χ0v) is 10.9. The summed E-state index contributed by atoms with van der Waals surface area (Å²) in [5.74, 6) is 0.285. The Bertz CT molecular complexity index is 528. The molecule has 0 radical (unpaired) electrons. The van der Waals surface area contributed by atoms with Crippen molar-refractivity contribution < 1.29 is 4.79 Å². The van der Waals surface area contributed by atoms with Crippen LogP contribution in [-0.4, -0.2) is 22.0 Å². The Kier molecular flexibility index (Phi) is 4.88. The molecule has 0 saturated heterocycles. The highest BCUT2D eigenvalue weighted by molar-refractivity contribution is 5.75. The van der Waals surface area contributed by atoms with Crippen LogP contribution in [0.3, 0.4) is 0 Å². The standard InChI is InChI=1S/C12H19N3O3/c1-8(2)4-5-13-10(16)7-15-6-9(3)11(17)14-12(15)18/h6,8H,4-5,7H2,1-3H3,(H,13,16)(H,14,17,18). The third kappa shape index (κ3) is 4.20. The highest BCUT2D eigenvalue weighted by Crippen LogP contribution is 1.96. The van der Waals surface area contributed by atoms with Gasteiger partial charge >= 0.3 is 5.69 Å². The molecule has 0 aromatic carbocycles. The number of rotatable bonds is 5. The van der Waals surface area contributed by atoms with E-state index in [1.807, 2.05) is 0 Å². The summed E-state index contributed by atoms with van der Waals surface area (Å²) in [4.78, 5) is 36.3. The van der Waals surface area contributed by atoms with Crippen molar-refractivity contribution in [3.63, 3.8) is 0 Å². The average Bonchev–Trinajstić information content (AvgIpc) is 2.25. The Balaban J connectivity index is 2.62. The van der Waals surface area contributed by atoms with E-state index in [9.17, 15) is 14.4 Å². The highest BCUT2D eigenvalue weighted by atomic mass is 16.2. The summed E-state index contributed by atoms with van der Waals surface area (Å²) < 4.78 is 1.20. The van der Waals surface area contributed by atoms with Crippen LogP contribution in [0.4, 0.5) is 0 Å². The molecule has 0 aliphatic carbocycles. The molecule has 2 N–H and O–H groups in total. The predicted octanol–water partition coefficient (Wildman–Crippen LogP) is 0.00732. The van der Waals surface area contributed by atoms with E-state index in [2.05, 4.69) is 24.1 Å². The quantitative estimate of drug-likeness (QED) is 0.775. The first-order valence-corrected chi connectivity index (χ1v) is 5.97. The van der Waals surface area contributed by atoms with E-state index in [0.29, 0.717) is 18.0 Å². The molecule has 0 spiro atoms. The molecule has 1 aromatic heterocycles. The summed E-state index contributed by atoms with van der Waals surface area (Å²) in [6.45, 7) is 6.25. The minimum Gasteiger partial charge on any atom is -0.355 e. The molecule has 6 nitrogen and oxygen atoms in total. The molecule has 0 bridgehead atoms. The van der Waals surface area contributed by atoms with Crippen LogP contribution in [0, 0.1) is 12.8 Å². The topological polar surface area (TPSA) is 84.0 Å². The maximum absolute atomic E-state index is 11.6. The normalized spacial score (nSPS) is 10.7. The summed E-state index contributed by atoms with van der Waals surface area (Å²) in [6.07, 6.45) is 2.29. The summed E-state index contributed by atoms with van der Waals surface area (Å²) in [6, 6.07) is 0. The number of carbonyl (C=O) groups is 1. The van der Waals surface area contributed by atoms with Crippen LogP contribution in [0.25, 0.3) is 0 Å². The first-order valence-electron chi connectivity index (χ1n) is 5.97. The molecule has 0 atom stereocenters. The van der Waals surface area contributed by atoms with Crippen molar-refractivity contribution in [2.24, 2.45) is 5.92 Å². The van der Waals surface area contributed by atoms with Gasteiger partial charge in [0.1, 0.15) is 6.54 Å². The highest BCUT2D eigenvalue weighted by Gasteiger charge is 2.06. The van der Waals surface area contributed by atoms with Crippen LogP contribution in [0.5, 0.6) is 0 Å². The number of nitrogens with one attached hydrogen (secondary N) is 2. The molecular weight excluding hydrogens is 234 g/mol. The summed E-state index contributed by atoms with van der Waals surface area (Å²) in [5.41, 5.74) is -0.578. The number of nitrogens with zero attached hydrogens (tertiary/aromatic N) is 1. The fourth-order valence-electron chi connectivity index (χ4n) is 1.45. The van der Waals surface area contributed by atoms with Gasteiger partial charge in [-0.1, -0.05) is 13.8 Å². The minimum absolute atomic E-state index is 0.0749. The van der Waals surface area contributed by atoms with Crippen LogP contribution >= 0.6 is 0 Å². The zero-order chi connectivity index (χ0) is 13.7. The van der Waals surface area contributed by atoms with Gasteiger partial charge in [-0.15, -0.1) is 0 Å². The van der Waals surface area contributed by atoms with Gasteiger partial charge in [0.2, 0.25) is 5.91 Å². The molecule has 18 heavy (non-hydrogen) atoms. The Morgan fingerprint density at radius 3 is 2.72 bits per heavy atom. The van der Waals surface area contributed by atoms with Gasteiger partial charge in [0.15, 0.2) is 0 Å². The summed E-state index contributed by atoms with van der Waals surface area (Å²) >= 11 is 0. The third-order valence-corrected chi connectivity index (χ3v) is 2.55. The number of hydrogen-bond donors (Lipinski definition) is 2. The third-order valence-electron chi connectivity index (χ3n) is 2.55. The Hall–Kier alpha value is -1.85. The number of carbonyl (C=O) groups excluding carboxylic acids is 1. The molecule has 0 saturated carbocycles. The lowest BCUT2D eigenvalue weighted by Gasteiger charge is -2.08. The van der Waals surface area contributed by atoms with Crippen molar-refractivity contribution in [2.75, 3.05) is 6.54 Å². The van der Waals surface area contributed by atoms with E-state index in [0.717, 1.165) is 6.42 Å². The maximum atomic E-state index is 11.6. The fraction of sp³-hybridized carbons (Fsp3) is 0.583. The number of aromatic nitrogens is 2. The lowest BCUT2D eigenvalue weighted by molar-refractivity contribution is -0.121. The minimum atomic E-state index is -0.565. The number of amides is 1. The molecular formula is C12H19N3O3. The zero-order valence-electron chi connectivity index (χ0n) is 10.9. The Morgan fingerprint density at radius 2 is 2.11 bits per heavy atom. The number of aromatic amines is 1. The SMILES string of the molecule is Cc1cn(CC(=O)NCCC(C)C)c(=O)[nH]c1=O. The molecule has 6 heteroatoms. The van der Waals surface area contributed by atoms with Gasteiger partial charge in [0.05, 0.1) is 0 Å². The van der Waals surface area contributed by atoms with Crippen LogP contribution < -0.4 is 16.6 Å². The van der Waals surface area contributed by atoms with Gasteiger partial charge in [0.25, 0.3) is 5.56 Å². The predicted molar refractivity (Wildman–Crippen MR) is 68.5 cm³/mol. The molecule has 1 heterocycles. The van der Waals surface area contributed by atoms with Gasteiger partial charge < -0.3 is 5.32 Å². The van der Waals surface area contributed by atoms with Gasteiger partial charge in [-0.05, 0) is 19.3 Å². The molecule has 100 valence electrons. The van der Waals surface area contributed by atoms with Crippen LogP contribution in [0.2, 0.25) is 0 Å². The summed E-state index contributed by atoms with van der Waals surface area (Å²) in [5, 5.41) is 2.73. The number of aryl methyl sites for hydroxylation is 1. The largest absolute Gasteiger partial charge is 0.355 e. The van der Waals surface area contributed by atoms with Crippen LogP contribution in [0.15, 0.2) is 15.8 Å². The van der Waals surface area contributed by atoms with Gasteiger partial charge in [0, 0.05) is 18.3 Å². The van der Waals surface area contributed by atoms with E-state index >= 15 is 0 Å². The Labute approximate surface area is 105 Å². The molecule has 0 aliphatic heterocycles. The monoisotopic (exact) mass is 253 g/mol. The van der Waals surface area contributed by atoms with Gasteiger partial charge in [-0.25, -0.2) is 4.79 Å². The lowest BCUT2D eigenvalue weighted by Crippen LogP contribution is -2.36. The molecule has 0 fully saturated rings. The van der Waals surface area contributed by atoms with Gasteiger partial charge in [-0.3, -0.25) is 19.1 Å². The van der Waals surface area contributed by atoms with E-state index < -0.39 is 11.2 Å². The van der Waals surface area contributed by atoms with Gasteiger partial charge in [-0.2, -0.15) is 0 Å². The van der Waals surface area contributed by atoms with Crippen LogP contribution in [0.1, 0.15) is 25.8 Å². The van der Waals surface area contributed by atoms with Crippen molar-refractivity contribution in [1.82, 2.24) is 14.9 Å². The fourth-order valence-corrected chi connectivity index (χ4v) is 1.45. The van der Waals surface area contributed by atoms with Crippen molar-refractivity contribution in [3.8, 4) is 0 Å². The van der Waals surface area contributed by atoms with Crippen molar-refractivity contribution in [2.45, 2.75) is 33.7 Å². The molecule has 1 amide bonds. The molecule has 0 aliphatic rings. The number of hydrogen-bond acceptors (Lipinski definition) is 3. The van der Waals surface area contributed by atoms with E-state index in [-0.39, 0.29) is 12.5 Å². The van der Waals surface area contributed by atoms with Crippen LogP contribution in [-0.2, 0) is 11.3 Å². The van der Waals surface area contributed by atoms with E-state index in [1.54, 1.807) is 6.92 Å². The van der Waals surface area contributed by atoms with Crippen molar-refractivity contribution in [3.05, 3.63) is 32.6 Å². The van der Waals surface area contributed by atoms with Crippen molar-refractivity contribution in [1.29, 1.82) is 0 Å². The second-order valence-corrected chi connectivity index (χ2v) is 4.73. The Morgan fingerprint density at radius 1 is 1.44 bits per heavy atom. The second-order valence-electron chi connectivity index (χ2n) is 4.73. The average molecular weight is 253 g/mol. The molecule has 0 unspecified atom stereocenters. The first kappa shape index (κ1) is 14.2. The summed E-state index contributed by atoms with van der Waals surface area (Å²) in [7, 11) is 0. The molecule has 1 aromatic rings. The maximum Gasteiger partial charge on any atom is 0.328 e. The first-order chi connectivity index (χ1) is 8.40. The lowest BCUT2D eigenvalue weighted by atomic mass is 10.1.